The van der Waals surface area contributed by atoms with E-state index in [1.807, 2.05) is 0 Å². The number of hydrogen-bond donors (Lipinski definition) is 0. The Hall–Kier alpha value is -2.71. The Morgan fingerprint density at radius 3 is 1.71 bits per heavy atom. The Morgan fingerprint density at radius 1 is 0.677 bits per heavy atom. The molecule has 31 heavy (non-hydrogen) atoms. The minimum atomic E-state index is 0. The van der Waals surface area contributed by atoms with Crippen molar-refractivity contribution in [3.05, 3.63) is 108 Å². The normalized spacial score (nSPS) is 19.7. The summed E-state index contributed by atoms with van der Waals surface area (Å²) in [6, 6.07) is 16.3. The van der Waals surface area contributed by atoms with E-state index in [2.05, 4.69) is 106 Å². The van der Waals surface area contributed by atoms with Crippen LogP contribution in [0, 0.1) is 25.5 Å². The Labute approximate surface area is 197 Å². The van der Waals surface area contributed by atoms with Crippen molar-refractivity contribution in [2.75, 3.05) is 16.5 Å². The standard InChI is InChI=1S/C26H20N4.Pt/c1-2-19-4-6-21-8-10-23-14-27(17-29(23)25(21)12-19)16-28-15-24-11-9-22-7-5-20(3-1)13-26(22)30(24)18-28;/h4-11,14-15,17-18H,1-3,16H2;/q-4;+4. The molecule has 5 heteroatoms. The molecule has 0 amide bonds. The molecule has 5 aliphatic rings. The first kappa shape index (κ1) is 19.0. The van der Waals surface area contributed by atoms with Gasteiger partial charge < -0.3 is 19.6 Å². The fourth-order valence-electron chi connectivity index (χ4n) is 4.77. The van der Waals surface area contributed by atoms with E-state index in [4.69, 9.17) is 0 Å². The summed E-state index contributed by atoms with van der Waals surface area (Å²) in [5.74, 6) is 0. The number of nitrogens with zero attached hydrogens (tertiary/aromatic N) is 4. The van der Waals surface area contributed by atoms with E-state index in [1.54, 1.807) is 0 Å². The van der Waals surface area contributed by atoms with Gasteiger partial charge in [0, 0.05) is 18.1 Å². The zero-order valence-corrected chi connectivity index (χ0v) is 19.1. The largest absolute Gasteiger partial charge is 4.00 e. The van der Waals surface area contributed by atoms with Gasteiger partial charge in [0.05, 0.1) is 0 Å². The van der Waals surface area contributed by atoms with Gasteiger partial charge in [0.1, 0.15) is 0 Å². The summed E-state index contributed by atoms with van der Waals surface area (Å²) in [4.78, 5) is 8.99. The third kappa shape index (κ3) is 3.08. The van der Waals surface area contributed by atoms with Gasteiger partial charge in [-0.1, -0.05) is 36.4 Å². The maximum Gasteiger partial charge on any atom is 4.00 e. The minimum Gasteiger partial charge on any atom is -0.494 e. The fraction of sp³-hybridized carbons (Fsp3) is 0.154. The van der Waals surface area contributed by atoms with Crippen LogP contribution in [0.4, 0.5) is 11.4 Å². The van der Waals surface area contributed by atoms with Crippen LogP contribution < -0.4 is 9.80 Å². The zero-order chi connectivity index (χ0) is 19.7. The molecule has 0 saturated carbocycles. The Kier molecular flexibility index (Phi) is 4.40. The molecule has 0 unspecified atom stereocenters. The van der Waals surface area contributed by atoms with Crippen LogP contribution in [-0.2, 0) is 33.9 Å². The molecule has 0 saturated heterocycles. The third-order valence-electron chi connectivity index (χ3n) is 6.28. The Balaban J connectivity index is 0.00000185. The van der Waals surface area contributed by atoms with Crippen molar-refractivity contribution >= 4 is 23.5 Å². The van der Waals surface area contributed by atoms with Gasteiger partial charge in [-0.15, -0.1) is 23.3 Å². The maximum atomic E-state index is 3.68. The molecule has 2 aromatic rings. The van der Waals surface area contributed by atoms with Crippen LogP contribution in [0.3, 0.4) is 0 Å². The molecule has 5 heterocycles. The predicted octanol–water partition coefficient (Wildman–Crippen LogP) is 4.65. The first-order chi connectivity index (χ1) is 14.8. The summed E-state index contributed by atoms with van der Waals surface area (Å²) in [5, 5.41) is 0. The minimum absolute atomic E-state index is 0. The quantitative estimate of drug-likeness (QED) is 0.419. The second-order valence-corrected chi connectivity index (χ2v) is 8.34. The van der Waals surface area contributed by atoms with Crippen LogP contribution in [0.25, 0.3) is 12.2 Å². The average molecular weight is 584 g/mol. The van der Waals surface area contributed by atoms with E-state index in [0.717, 1.165) is 37.3 Å². The SMILES string of the molecule is [Pt+4].[c-]1c2ccc3c1N1[CH-]N(C=C1C=C3)CN1C=C3C=Cc4ccc([c-]c4N3[CH-]1)CCC2. The van der Waals surface area contributed by atoms with Crippen LogP contribution in [0.5, 0.6) is 0 Å². The molecule has 0 aliphatic carbocycles. The topological polar surface area (TPSA) is 13.0 Å². The molecule has 0 N–H and O–H groups in total. The fourth-order valence-corrected chi connectivity index (χ4v) is 4.77. The van der Waals surface area contributed by atoms with Crippen molar-refractivity contribution in [1.82, 2.24) is 9.80 Å². The molecule has 0 fully saturated rings. The molecular weight excluding hydrogens is 563 g/mol. The van der Waals surface area contributed by atoms with Gasteiger partial charge in [0.25, 0.3) is 0 Å². The summed E-state index contributed by atoms with van der Waals surface area (Å²) in [6.45, 7) is 5.12. The summed E-state index contributed by atoms with van der Waals surface area (Å²) >= 11 is 0. The molecule has 0 spiro atoms. The first-order valence-corrected chi connectivity index (χ1v) is 10.5. The molecule has 4 nitrogen and oxygen atoms in total. The zero-order valence-electron chi connectivity index (χ0n) is 16.9. The van der Waals surface area contributed by atoms with E-state index in [-0.39, 0.29) is 21.1 Å². The van der Waals surface area contributed by atoms with E-state index in [9.17, 15) is 0 Å². The summed E-state index contributed by atoms with van der Waals surface area (Å²) < 4.78 is 0. The van der Waals surface area contributed by atoms with Crippen LogP contribution in [0.15, 0.2) is 60.2 Å². The summed E-state index contributed by atoms with van der Waals surface area (Å²) in [5.41, 5.74) is 9.66. The molecule has 154 valence electrons. The van der Waals surface area contributed by atoms with Gasteiger partial charge in [-0.3, -0.25) is 0 Å². The van der Waals surface area contributed by atoms with E-state index < -0.39 is 0 Å². The average Bonchev–Trinajstić information content (AvgIpc) is 3.36. The smallest absolute Gasteiger partial charge is 0.494 e. The number of fused-ring (bicyclic) bond motifs is 4. The van der Waals surface area contributed by atoms with E-state index in [1.165, 1.54) is 33.6 Å². The van der Waals surface area contributed by atoms with Crippen LogP contribution in [0.2, 0.25) is 0 Å². The number of hydrogen-bond acceptors (Lipinski definition) is 4. The molecular formula is C26H20N4Pt. The van der Waals surface area contributed by atoms with Gasteiger partial charge in [-0.25, -0.2) is 0 Å². The van der Waals surface area contributed by atoms with Crippen LogP contribution in [-0.4, -0.2) is 16.5 Å². The Morgan fingerprint density at radius 2 is 1.19 bits per heavy atom. The number of allylic oxidation sites excluding steroid dienone is 2. The number of rotatable bonds is 0. The van der Waals surface area contributed by atoms with Crippen molar-refractivity contribution in [2.45, 2.75) is 19.3 Å². The predicted molar refractivity (Wildman–Crippen MR) is 119 cm³/mol. The number of benzene rings is 2. The van der Waals surface area contributed by atoms with Crippen LogP contribution in [0.1, 0.15) is 28.7 Å². The van der Waals surface area contributed by atoms with Gasteiger partial charge in [0.2, 0.25) is 0 Å². The van der Waals surface area contributed by atoms with Crippen molar-refractivity contribution in [1.29, 1.82) is 0 Å². The van der Waals surface area contributed by atoms with Crippen molar-refractivity contribution in [3.63, 3.8) is 0 Å². The second kappa shape index (κ2) is 7.17. The molecule has 8 bridgehead atoms. The molecule has 0 aromatic heterocycles. The van der Waals surface area contributed by atoms with Crippen molar-refractivity contribution in [3.8, 4) is 0 Å². The van der Waals surface area contributed by atoms with E-state index >= 15 is 0 Å². The Bertz CT molecular complexity index is 1100. The maximum absolute atomic E-state index is 3.68. The summed E-state index contributed by atoms with van der Waals surface area (Å²) in [7, 11) is 0. The van der Waals surface area contributed by atoms with Gasteiger partial charge in [-0.05, 0) is 18.8 Å². The van der Waals surface area contributed by atoms with Crippen molar-refractivity contribution in [2.24, 2.45) is 0 Å². The van der Waals surface area contributed by atoms with Gasteiger partial charge in [0.15, 0.2) is 0 Å². The third-order valence-corrected chi connectivity index (χ3v) is 6.28. The first-order valence-electron chi connectivity index (χ1n) is 10.5. The molecule has 7 rings (SSSR count). The van der Waals surface area contributed by atoms with Gasteiger partial charge >= 0.3 is 21.1 Å². The molecule has 0 radical (unpaired) electrons. The van der Waals surface area contributed by atoms with E-state index in [0.29, 0.717) is 0 Å². The van der Waals surface area contributed by atoms with Crippen molar-refractivity contribution < 1.29 is 21.1 Å². The molecule has 0 atom stereocenters. The molecule has 5 aliphatic heterocycles. The number of aryl methyl sites for hydroxylation is 2. The summed E-state index contributed by atoms with van der Waals surface area (Å²) in [6.07, 6.45) is 16.3. The molecule has 2 aromatic carbocycles. The number of anilines is 2. The second-order valence-electron chi connectivity index (χ2n) is 8.34. The van der Waals surface area contributed by atoms with Crippen LogP contribution >= 0.6 is 0 Å². The van der Waals surface area contributed by atoms with Gasteiger partial charge in [-0.2, -0.15) is 60.9 Å². The monoisotopic (exact) mass is 583 g/mol.